The van der Waals surface area contributed by atoms with Crippen molar-refractivity contribution in [1.82, 2.24) is 0 Å². The van der Waals surface area contributed by atoms with Crippen LogP contribution in [0.25, 0.3) is 0 Å². The highest BCUT2D eigenvalue weighted by atomic mass is 19.1. The number of halogens is 1. The number of nitrogens with two attached hydrogens (primary N) is 2. The molecule has 0 aliphatic rings. The summed E-state index contributed by atoms with van der Waals surface area (Å²) in [5, 5.41) is 0. The Balaban J connectivity index is 3.14. The molecule has 0 aliphatic carbocycles. The highest BCUT2D eigenvalue weighted by Crippen LogP contribution is 2.27. The molecule has 3 heteroatoms. The maximum atomic E-state index is 13.2. The van der Waals surface area contributed by atoms with Crippen LogP contribution in [0.15, 0.2) is 18.2 Å². The Kier molecular flexibility index (Phi) is 2.81. The molecule has 0 aliphatic heterocycles. The predicted octanol–water partition coefficient (Wildman–Crippen LogP) is 2.03. The minimum atomic E-state index is -0.378. The Hall–Kier alpha value is -1.09. The summed E-state index contributed by atoms with van der Waals surface area (Å²) in [6, 6.07) is 4.82. The molecule has 1 atom stereocenters. The van der Waals surface area contributed by atoms with Gasteiger partial charge in [0.05, 0.1) is 5.69 Å². The standard InChI is InChI=1S/C11H17FN2/c1-7(13)11(2,3)8-4-5-10(14)9(12)6-8/h4-7H,13-14H2,1-3H3. The molecule has 0 heterocycles. The van der Waals surface area contributed by atoms with Gasteiger partial charge in [-0.15, -0.1) is 0 Å². The van der Waals surface area contributed by atoms with Crippen LogP contribution in [0.3, 0.4) is 0 Å². The van der Waals surface area contributed by atoms with Crippen LogP contribution < -0.4 is 11.5 Å². The lowest BCUT2D eigenvalue weighted by Crippen LogP contribution is -2.38. The predicted molar refractivity (Wildman–Crippen MR) is 57.5 cm³/mol. The second-order valence-electron chi connectivity index (χ2n) is 4.25. The summed E-state index contributed by atoms with van der Waals surface area (Å²) in [5.74, 6) is -0.378. The number of hydrogen-bond donors (Lipinski definition) is 2. The van der Waals surface area contributed by atoms with Gasteiger partial charge in [0.1, 0.15) is 5.82 Å². The fourth-order valence-corrected chi connectivity index (χ4v) is 1.19. The average Bonchev–Trinajstić information content (AvgIpc) is 2.09. The molecule has 1 rings (SSSR count). The molecule has 0 amide bonds. The zero-order valence-corrected chi connectivity index (χ0v) is 8.84. The van der Waals surface area contributed by atoms with E-state index in [1.54, 1.807) is 6.07 Å². The van der Waals surface area contributed by atoms with E-state index in [1.165, 1.54) is 6.07 Å². The fourth-order valence-electron chi connectivity index (χ4n) is 1.19. The Morgan fingerprint density at radius 1 is 1.36 bits per heavy atom. The van der Waals surface area contributed by atoms with Crippen LogP contribution in [0.4, 0.5) is 10.1 Å². The number of rotatable bonds is 2. The van der Waals surface area contributed by atoms with Gasteiger partial charge < -0.3 is 11.5 Å². The topological polar surface area (TPSA) is 52.0 Å². The molecule has 1 aromatic carbocycles. The third kappa shape index (κ3) is 1.87. The van der Waals surface area contributed by atoms with Gasteiger partial charge in [0.15, 0.2) is 0 Å². The van der Waals surface area contributed by atoms with Gasteiger partial charge in [0.2, 0.25) is 0 Å². The van der Waals surface area contributed by atoms with Gasteiger partial charge in [-0.05, 0) is 24.6 Å². The monoisotopic (exact) mass is 196 g/mol. The summed E-state index contributed by atoms with van der Waals surface area (Å²) >= 11 is 0. The minimum Gasteiger partial charge on any atom is -0.396 e. The van der Waals surface area contributed by atoms with Crippen LogP contribution in [0, 0.1) is 5.82 Å². The van der Waals surface area contributed by atoms with Crippen molar-refractivity contribution in [3.05, 3.63) is 29.6 Å². The highest BCUT2D eigenvalue weighted by molar-refractivity contribution is 5.43. The number of anilines is 1. The third-order valence-electron chi connectivity index (χ3n) is 2.88. The average molecular weight is 196 g/mol. The number of nitrogen functional groups attached to an aromatic ring is 1. The van der Waals surface area contributed by atoms with E-state index in [0.717, 1.165) is 5.56 Å². The van der Waals surface area contributed by atoms with Crippen LogP contribution in [-0.2, 0) is 5.41 Å². The first-order valence-electron chi connectivity index (χ1n) is 4.67. The van der Waals surface area contributed by atoms with E-state index in [0.29, 0.717) is 0 Å². The summed E-state index contributed by atoms with van der Waals surface area (Å²) in [6.45, 7) is 5.89. The van der Waals surface area contributed by atoms with Crippen LogP contribution in [0.2, 0.25) is 0 Å². The molecule has 0 aromatic heterocycles. The third-order valence-corrected chi connectivity index (χ3v) is 2.88. The summed E-state index contributed by atoms with van der Waals surface area (Å²) in [5.41, 5.74) is 12.0. The first-order valence-corrected chi connectivity index (χ1v) is 4.67. The first kappa shape index (κ1) is 11.0. The molecule has 1 unspecified atom stereocenters. The van der Waals surface area contributed by atoms with E-state index in [1.807, 2.05) is 26.8 Å². The lowest BCUT2D eigenvalue weighted by Gasteiger charge is -2.29. The van der Waals surface area contributed by atoms with E-state index >= 15 is 0 Å². The molecule has 4 N–H and O–H groups in total. The van der Waals surface area contributed by atoms with E-state index in [-0.39, 0.29) is 23.0 Å². The smallest absolute Gasteiger partial charge is 0.146 e. The van der Waals surface area contributed by atoms with Crippen molar-refractivity contribution in [3.8, 4) is 0 Å². The normalized spacial score (nSPS) is 14.1. The zero-order chi connectivity index (χ0) is 10.9. The van der Waals surface area contributed by atoms with E-state index in [9.17, 15) is 4.39 Å². The first-order chi connectivity index (χ1) is 6.35. The zero-order valence-electron chi connectivity index (χ0n) is 8.84. The van der Waals surface area contributed by atoms with Gasteiger partial charge in [-0.1, -0.05) is 19.9 Å². The summed E-state index contributed by atoms with van der Waals surface area (Å²) in [7, 11) is 0. The Morgan fingerprint density at radius 3 is 2.36 bits per heavy atom. The second kappa shape index (κ2) is 3.58. The quantitative estimate of drug-likeness (QED) is 0.711. The molecule has 0 spiro atoms. The van der Waals surface area contributed by atoms with Gasteiger partial charge in [-0.2, -0.15) is 0 Å². The van der Waals surface area contributed by atoms with E-state index in [2.05, 4.69) is 0 Å². The van der Waals surface area contributed by atoms with Gasteiger partial charge >= 0.3 is 0 Å². The van der Waals surface area contributed by atoms with Crippen LogP contribution >= 0.6 is 0 Å². The minimum absolute atomic E-state index is 0.0366. The number of hydrogen-bond acceptors (Lipinski definition) is 2. The van der Waals surface area contributed by atoms with Crippen molar-refractivity contribution in [2.75, 3.05) is 5.73 Å². The highest BCUT2D eigenvalue weighted by Gasteiger charge is 2.25. The molecular weight excluding hydrogens is 179 g/mol. The molecule has 14 heavy (non-hydrogen) atoms. The summed E-state index contributed by atoms with van der Waals surface area (Å²) < 4.78 is 13.2. The van der Waals surface area contributed by atoms with E-state index < -0.39 is 0 Å². The SMILES string of the molecule is CC(N)C(C)(C)c1ccc(N)c(F)c1. The molecule has 0 saturated carbocycles. The lowest BCUT2D eigenvalue weighted by atomic mass is 9.79. The molecule has 0 fully saturated rings. The fraction of sp³-hybridized carbons (Fsp3) is 0.455. The molecule has 1 aromatic rings. The van der Waals surface area contributed by atoms with E-state index in [4.69, 9.17) is 11.5 Å². The number of benzene rings is 1. The lowest BCUT2D eigenvalue weighted by molar-refractivity contribution is 0.432. The molecule has 2 nitrogen and oxygen atoms in total. The maximum absolute atomic E-state index is 13.2. The van der Waals surface area contributed by atoms with Gasteiger partial charge in [0.25, 0.3) is 0 Å². The van der Waals surface area contributed by atoms with Crippen LogP contribution in [0.1, 0.15) is 26.3 Å². The largest absolute Gasteiger partial charge is 0.396 e. The molecule has 0 radical (unpaired) electrons. The van der Waals surface area contributed by atoms with Crippen LogP contribution in [0.5, 0.6) is 0 Å². The van der Waals surface area contributed by atoms with Crippen LogP contribution in [-0.4, -0.2) is 6.04 Å². The second-order valence-corrected chi connectivity index (χ2v) is 4.25. The van der Waals surface area contributed by atoms with Crippen molar-refractivity contribution < 1.29 is 4.39 Å². The van der Waals surface area contributed by atoms with Crippen molar-refractivity contribution in [2.45, 2.75) is 32.2 Å². The maximum Gasteiger partial charge on any atom is 0.146 e. The van der Waals surface area contributed by atoms with Gasteiger partial charge in [0, 0.05) is 11.5 Å². The van der Waals surface area contributed by atoms with Crippen molar-refractivity contribution in [2.24, 2.45) is 5.73 Å². The van der Waals surface area contributed by atoms with Crippen molar-refractivity contribution in [3.63, 3.8) is 0 Å². The Morgan fingerprint density at radius 2 is 1.93 bits per heavy atom. The Labute approximate surface area is 84.1 Å². The molecular formula is C11H17FN2. The van der Waals surface area contributed by atoms with Crippen molar-refractivity contribution in [1.29, 1.82) is 0 Å². The van der Waals surface area contributed by atoms with Gasteiger partial charge in [-0.25, -0.2) is 4.39 Å². The molecule has 0 bridgehead atoms. The molecule has 0 saturated heterocycles. The molecule has 78 valence electrons. The van der Waals surface area contributed by atoms with Gasteiger partial charge in [-0.3, -0.25) is 0 Å². The summed E-state index contributed by atoms with van der Waals surface area (Å²) in [6.07, 6.45) is 0. The van der Waals surface area contributed by atoms with Crippen molar-refractivity contribution >= 4 is 5.69 Å². The summed E-state index contributed by atoms with van der Waals surface area (Å²) in [4.78, 5) is 0. The Bertz CT molecular complexity index is 332.